The molecule has 3 rings (SSSR count). The number of ether oxygens (including phenoxy) is 3. The van der Waals surface area contributed by atoms with Crippen LogP contribution in [0.3, 0.4) is 0 Å². The second-order valence-corrected chi connectivity index (χ2v) is 12.3. The lowest BCUT2D eigenvalue weighted by atomic mass is 10.0. The van der Waals surface area contributed by atoms with E-state index in [9.17, 15) is 9.59 Å². The minimum Gasteiger partial charge on any atom is -0.484 e. The molecule has 1 heterocycles. The van der Waals surface area contributed by atoms with E-state index in [-0.39, 0.29) is 29.1 Å². The van der Waals surface area contributed by atoms with E-state index in [2.05, 4.69) is 44.8 Å². The maximum Gasteiger partial charge on any atom is 0.257 e. The van der Waals surface area contributed by atoms with Crippen LogP contribution in [0.15, 0.2) is 47.3 Å². The van der Waals surface area contributed by atoms with Gasteiger partial charge in [-0.1, -0.05) is 19.1 Å². The van der Waals surface area contributed by atoms with Crippen molar-refractivity contribution in [3.05, 3.63) is 52.7 Å². The Hall–Kier alpha value is -2.52. The van der Waals surface area contributed by atoms with E-state index < -0.39 is 0 Å². The fourth-order valence-corrected chi connectivity index (χ4v) is 5.18. The highest BCUT2D eigenvalue weighted by Gasteiger charge is 2.23. The smallest absolute Gasteiger partial charge is 0.257 e. The Labute approximate surface area is 236 Å². The Kier molecular flexibility index (Phi) is 11.3. The highest BCUT2D eigenvalue weighted by Crippen LogP contribution is 2.27. The number of benzene rings is 2. The lowest BCUT2D eigenvalue weighted by molar-refractivity contribution is -0.123. The molecule has 1 N–H and O–H groups in total. The van der Waals surface area contributed by atoms with Gasteiger partial charge in [0.1, 0.15) is 5.75 Å². The SMILES string of the molecule is CCCOC(C)(C)CCOC(C)(C)CCN(C)CCNC(=O)COc1ccc2sc3ccccc3c(=O)c2c1. The van der Waals surface area contributed by atoms with Gasteiger partial charge in [-0.05, 0) is 84.3 Å². The van der Waals surface area contributed by atoms with Crippen molar-refractivity contribution >= 4 is 37.4 Å². The predicted octanol–water partition coefficient (Wildman–Crippen LogP) is 5.62. The van der Waals surface area contributed by atoms with Gasteiger partial charge in [-0.15, -0.1) is 11.3 Å². The number of nitrogens with zero attached hydrogens (tertiary/aromatic N) is 1. The Bertz CT molecular complexity index is 1290. The average molecular weight is 557 g/mol. The third-order valence-electron chi connectivity index (χ3n) is 6.72. The topological polar surface area (TPSA) is 77.1 Å². The van der Waals surface area contributed by atoms with Crippen LogP contribution in [0.1, 0.15) is 53.9 Å². The van der Waals surface area contributed by atoms with Crippen LogP contribution in [-0.4, -0.2) is 68.5 Å². The van der Waals surface area contributed by atoms with Crippen molar-refractivity contribution in [2.24, 2.45) is 0 Å². The number of carbonyl (C=O) groups is 1. The van der Waals surface area contributed by atoms with E-state index in [1.165, 1.54) is 0 Å². The van der Waals surface area contributed by atoms with Gasteiger partial charge in [-0.2, -0.15) is 0 Å². The Balaban J connectivity index is 1.36. The molecule has 214 valence electrons. The molecule has 2 aromatic carbocycles. The lowest BCUT2D eigenvalue weighted by Gasteiger charge is -2.31. The monoisotopic (exact) mass is 556 g/mol. The van der Waals surface area contributed by atoms with Gasteiger partial charge < -0.3 is 24.4 Å². The van der Waals surface area contributed by atoms with E-state index in [1.54, 1.807) is 23.5 Å². The van der Waals surface area contributed by atoms with Crippen LogP contribution in [0, 0.1) is 0 Å². The molecule has 0 fully saturated rings. The maximum atomic E-state index is 12.9. The molecule has 0 aliphatic heterocycles. The van der Waals surface area contributed by atoms with Crippen molar-refractivity contribution in [3.63, 3.8) is 0 Å². The zero-order chi connectivity index (χ0) is 28.5. The molecule has 0 spiro atoms. The molecular weight excluding hydrogens is 512 g/mol. The molecule has 0 unspecified atom stereocenters. The highest BCUT2D eigenvalue weighted by atomic mass is 32.1. The van der Waals surface area contributed by atoms with Crippen molar-refractivity contribution in [2.45, 2.75) is 65.1 Å². The molecule has 0 radical (unpaired) electrons. The third kappa shape index (κ3) is 9.87. The van der Waals surface area contributed by atoms with E-state index in [0.717, 1.165) is 48.4 Å². The quantitative estimate of drug-likeness (QED) is 0.231. The molecule has 0 saturated heterocycles. The van der Waals surface area contributed by atoms with Gasteiger partial charge in [0.2, 0.25) is 0 Å². The van der Waals surface area contributed by atoms with Crippen molar-refractivity contribution in [1.29, 1.82) is 0 Å². The number of amides is 1. The summed E-state index contributed by atoms with van der Waals surface area (Å²) in [5.74, 6) is 0.320. The largest absolute Gasteiger partial charge is 0.484 e. The minimum atomic E-state index is -0.233. The first kappa shape index (κ1) is 31.0. The van der Waals surface area contributed by atoms with Crippen molar-refractivity contribution < 1.29 is 19.0 Å². The van der Waals surface area contributed by atoms with E-state index in [4.69, 9.17) is 14.2 Å². The molecule has 1 amide bonds. The van der Waals surface area contributed by atoms with Crippen molar-refractivity contribution in [1.82, 2.24) is 10.2 Å². The summed E-state index contributed by atoms with van der Waals surface area (Å²) >= 11 is 1.57. The number of hydrogen-bond acceptors (Lipinski definition) is 7. The van der Waals surface area contributed by atoms with Crippen LogP contribution in [0.4, 0.5) is 0 Å². The number of rotatable bonds is 16. The number of nitrogens with one attached hydrogen (secondary N) is 1. The third-order valence-corrected chi connectivity index (χ3v) is 7.87. The molecule has 3 aromatic rings. The standard InChI is InChI=1S/C31H44N2O5S/c1-7-19-37-31(4,5)15-20-38-30(2,3)14-17-33(6)18-16-32-28(34)22-36-23-12-13-27-25(21-23)29(35)24-10-8-9-11-26(24)39-27/h8-13,21H,7,14-20,22H2,1-6H3,(H,32,34). The predicted molar refractivity (Wildman–Crippen MR) is 161 cm³/mol. The summed E-state index contributed by atoms with van der Waals surface area (Å²) in [5.41, 5.74) is -0.424. The minimum absolute atomic E-state index is 0.0179. The summed E-state index contributed by atoms with van der Waals surface area (Å²) in [7, 11) is 2.04. The first-order valence-electron chi connectivity index (χ1n) is 13.8. The second-order valence-electron chi connectivity index (χ2n) is 11.2. The van der Waals surface area contributed by atoms with E-state index in [1.807, 2.05) is 37.4 Å². The summed E-state index contributed by atoms with van der Waals surface area (Å²) in [5, 5.41) is 4.22. The maximum absolute atomic E-state index is 12.9. The van der Waals surface area contributed by atoms with Crippen molar-refractivity contribution in [3.8, 4) is 5.75 Å². The van der Waals surface area contributed by atoms with Gasteiger partial charge in [-0.25, -0.2) is 0 Å². The first-order chi connectivity index (χ1) is 18.5. The van der Waals surface area contributed by atoms with Gasteiger partial charge in [0.15, 0.2) is 12.0 Å². The zero-order valence-corrected chi connectivity index (χ0v) is 25.1. The van der Waals surface area contributed by atoms with E-state index in [0.29, 0.717) is 29.7 Å². The number of fused-ring (bicyclic) bond motifs is 2. The van der Waals surface area contributed by atoms with Crippen LogP contribution in [-0.2, 0) is 14.3 Å². The summed E-state index contributed by atoms with van der Waals surface area (Å²) in [6.45, 7) is 14.0. The Morgan fingerprint density at radius 2 is 1.62 bits per heavy atom. The van der Waals surface area contributed by atoms with Crippen LogP contribution >= 0.6 is 11.3 Å². The van der Waals surface area contributed by atoms with Gasteiger partial charge in [0, 0.05) is 46.4 Å². The zero-order valence-electron chi connectivity index (χ0n) is 24.3. The summed E-state index contributed by atoms with van der Waals surface area (Å²) in [4.78, 5) is 27.4. The fraction of sp³-hybridized carbons (Fsp3) is 0.548. The van der Waals surface area contributed by atoms with Crippen LogP contribution < -0.4 is 15.5 Å². The van der Waals surface area contributed by atoms with E-state index >= 15 is 0 Å². The fourth-order valence-electron chi connectivity index (χ4n) is 4.13. The molecule has 7 nitrogen and oxygen atoms in total. The molecule has 0 saturated carbocycles. The first-order valence-corrected chi connectivity index (χ1v) is 14.6. The summed E-state index contributed by atoms with van der Waals surface area (Å²) in [6, 6.07) is 13.0. The molecule has 0 bridgehead atoms. The van der Waals surface area contributed by atoms with Crippen LogP contribution in [0.2, 0.25) is 0 Å². The normalized spacial score (nSPS) is 12.4. The van der Waals surface area contributed by atoms with Crippen LogP contribution in [0.5, 0.6) is 5.75 Å². The number of carbonyl (C=O) groups excluding carboxylic acids is 1. The molecule has 1 aromatic heterocycles. The van der Waals surface area contributed by atoms with Crippen molar-refractivity contribution in [2.75, 3.05) is 46.5 Å². The Morgan fingerprint density at radius 1 is 0.923 bits per heavy atom. The number of likely N-dealkylation sites (N-methyl/N-ethyl adjacent to an activating group) is 1. The van der Waals surface area contributed by atoms with Gasteiger partial charge >= 0.3 is 0 Å². The second kappa shape index (κ2) is 14.2. The average Bonchev–Trinajstić information content (AvgIpc) is 2.90. The molecular formula is C31H44N2O5S. The summed E-state index contributed by atoms with van der Waals surface area (Å²) < 4.78 is 19.6. The molecule has 0 aliphatic rings. The van der Waals surface area contributed by atoms with Crippen LogP contribution in [0.25, 0.3) is 20.2 Å². The van der Waals surface area contributed by atoms with Gasteiger partial charge in [-0.3, -0.25) is 9.59 Å². The molecule has 0 aliphatic carbocycles. The molecule has 39 heavy (non-hydrogen) atoms. The van der Waals surface area contributed by atoms with Gasteiger partial charge in [0.25, 0.3) is 5.91 Å². The molecule has 8 heteroatoms. The van der Waals surface area contributed by atoms with Gasteiger partial charge in [0.05, 0.1) is 17.8 Å². The molecule has 0 atom stereocenters. The number of hydrogen-bond donors (Lipinski definition) is 1. The lowest BCUT2D eigenvalue weighted by Crippen LogP contribution is -2.38. The Morgan fingerprint density at radius 3 is 2.38 bits per heavy atom. The highest BCUT2D eigenvalue weighted by molar-refractivity contribution is 7.24. The summed E-state index contributed by atoms with van der Waals surface area (Å²) in [6.07, 6.45) is 2.76.